The summed E-state index contributed by atoms with van der Waals surface area (Å²) in [5.74, 6) is -1.16. The maximum absolute atomic E-state index is 12.8. The van der Waals surface area contributed by atoms with E-state index in [0.29, 0.717) is 19.3 Å². The first-order valence-corrected chi connectivity index (χ1v) is 24.4. The zero-order chi connectivity index (χ0) is 47.2. The Hall–Kier alpha value is -5.49. The minimum atomic E-state index is -0.862. The highest BCUT2D eigenvalue weighted by molar-refractivity contribution is 5.71. The average Bonchev–Trinajstić information content (AvgIpc) is 3.30. The van der Waals surface area contributed by atoms with Gasteiger partial charge in [-0.05, 0) is 103 Å². The Morgan fingerprint density at radius 2 is 0.677 bits per heavy atom. The molecule has 0 saturated heterocycles. The monoisotopic (exact) mass is 889 g/mol. The fourth-order valence-electron chi connectivity index (χ4n) is 5.52. The van der Waals surface area contributed by atoms with Crippen molar-refractivity contribution < 1.29 is 28.6 Å². The van der Waals surface area contributed by atoms with Gasteiger partial charge in [0.1, 0.15) is 13.2 Å². The normalized spacial score (nSPS) is 13.7. The smallest absolute Gasteiger partial charge is 0.306 e. The Kier molecular flexibility index (Phi) is 46.8. The van der Waals surface area contributed by atoms with E-state index in [0.717, 1.165) is 89.9 Å². The molecule has 6 nitrogen and oxygen atoms in total. The summed E-state index contributed by atoms with van der Waals surface area (Å²) in [5, 5.41) is 0. The van der Waals surface area contributed by atoms with Crippen molar-refractivity contribution in [2.24, 2.45) is 0 Å². The predicted octanol–water partition coefficient (Wildman–Crippen LogP) is 16.2. The van der Waals surface area contributed by atoms with Crippen LogP contribution >= 0.6 is 0 Å². The SMILES string of the molecule is CC\C=C/C=C\C=C/C=C\C=C\C=C/CCCCCC(=O)OC(COC(=O)CC/C=C\C/C=C\C/C=C\C/C=C\C/C=C\C/C=C\CC)COC(=O)CCC/C=C\C/C=C\C/C=C\CC. The van der Waals surface area contributed by atoms with Gasteiger partial charge in [-0.15, -0.1) is 0 Å². The topological polar surface area (TPSA) is 78.9 Å². The molecule has 0 aliphatic heterocycles. The van der Waals surface area contributed by atoms with E-state index in [1.165, 1.54) is 0 Å². The van der Waals surface area contributed by atoms with Gasteiger partial charge in [-0.2, -0.15) is 0 Å². The summed E-state index contributed by atoms with van der Waals surface area (Å²) in [5.41, 5.74) is 0. The lowest BCUT2D eigenvalue weighted by Gasteiger charge is -2.18. The molecule has 0 amide bonds. The molecule has 0 aromatic heterocycles. The molecule has 0 spiro atoms. The van der Waals surface area contributed by atoms with Gasteiger partial charge in [-0.3, -0.25) is 14.4 Å². The van der Waals surface area contributed by atoms with Crippen LogP contribution in [-0.2, 0) is 28.6 Å². The third kappa shape index (κ3) is 49.4. The zero-order valence-corrected chi connectivity index (χ0v) is 40.4. The molecule has 0 aromatic carbocycles. The highest BCUT2D eigenvalue weighted by Gasteiger charge is 2.19. The maximum atomic E-state index is 12.8. The van der Waals surface area contributed by atoms with Gasteiger partial charge in [0.2, 0.25) is 0 Å². The van der Waals surface area contributed by atoms with E-state index in [1.807, 2.05) is 72.9 Å². The molecule has 356 valence electrons. The van der Waals surface area contributed by atoms with Crippen LogP contribution in [0.1, 0.15) is 149 Å². The Balaban J connectivity index is 4.68. The van der Waals surface area contributed by atoms with E-state index in [4.69, 9.17) is 14.2 Å². The molecular weight excluding hydrogens is 805 g/mol. The molecule has 1 unspecified atom stereocenters. The zero-order valence-electron chi connectivity index (χ0n) is 40.4. The number of hydrogen-bond acceptors (Lipinski definition) is 6. The van der Waals surface area contributed by atoms with Crippen LogP contribution < -0.4 is 0 Å². The molecule has 0 heterocycles. The minimum Gasteiger partial charge on any atom is -0.462 e. The Bertz CT molecular complexity index is 1630. The lowest BCUT2D eigenvalue weighted by molar-refractivity contribution is -0.166. The van der Waals surface area contributed by atoms with Gasteiger partial charge in [0.25, 0.3) is 0 Å². The molecule has 0 bridgehead atoms. The number of carbonyl (C=O) groups is 3. The fourth-order valence-corrected chi connectivity index (χ4v) is 5.52. The van der Waals surface area contributed by atoms with Crippen LogP contribution in [0.3, 0.4) is 0 Å². The number of rotatable bonds is 40. The number of carbonyl (C=O) groups excluding carboxylic acids is 3. The largest absolute Gasteiger partial charge is 0.462 e. The van der Waals surface area contributed by atoms with Gasteiger partial charge in [-0.1, -0.05) is 209 Å². The van der Waals surface area contributed by atoms with Crippen LogP contribution in [0.5, 0.6) is 0 Å². The van der Waals surface area contributed by atoms with E-state index < -0.39 is 18.0 Å². The first-order chi connectivity index (χ1) is 32.0. The van der Waals surface area contributed by atoms with Crippen LogP contribution in [0.2, 0.25) is 0 Å². The summed E-state index contributed by atoms with van der Waals surface area (Å²) >= 11 is 0. The highest BCUT2D eigenvalue weighted by atomic mass is 16.6. The van der Waals surface area contributed by atoms with E-state index in [-0.39, 0.29) is 38.4 Å². The van der Waals surface area contributed by atoms with Crippen molar-refractivity contribution in [2.75, 3.05) is 13.2 Å². The highest BCUT2D eigenvalue weighted by Crippen LogP contribution is 2.09. The standard InChI is InChI=1S/C59H84O6/c1-4-7-10-13-16-19-22-24-26-28-29-31-32-34-37-40-43-46-49-52-58(61)64-55-56(54-63-57(60)51-48-45-42-39-36-21-18-15-12-9-6-3)65-59(62)53-50-47-44-41-38-35-33-30-27-25-23-20-17-14-11-8-5-2/h7-12,14,16-21,23-27,29-31,33-35,37-39,42-43,46,56H,4-6,13,15,22,28,32,36,40-41,44-45,47-55H2,1-3H3/b10-7-,11-8-,12-9-,17-14-,19-16-,21-18-,23-20-,26-24-,27-25-,31-29-,33-30+,37-34-,38-35-,42-39-,46-43-. The van der Waals surface area contributed by atoms with Crippen LogP contribution in [0.15, 0.2) is 182 Å². The van der Waals surface area contributed by atoms with Crippen LogP contribution in [0, 0.1) is 0 Å². The van der Waals surface area contributed by atoms with Gasteiger partial charge in [0.15, 0.2) is 6.10 Å². The van der Waals surface area contributed by atoms with E-state index >= 15 is 0 Å². The average molecular weight is 889 g/mol. The third-order valence-corrected chi connectivity index (χ3v) is 9.06. The summed E-state index contributed by atoms with van der Waals surface area (Å²) in [6.45, 7) is 6.06. The Morgan fingerprint density at radius 1 is 0.323 bits per heavy atom. The van der Waals surface area contributed by atoms with Crippen molar-refractivity contribution in [3.05, 3.63) is 182 Å². The summed E-state index contributed by atoms with van der Waals surface area (Å²) in [7, 11) is 0. The predicted molar refractivity (Wildman–Crippen MR) is 278 cm³/mol. The molecular formula is C59H84O6. The molecule has 0 rings (SSSR count). The molecule has 0 fully saturated rings. The Morgan fingerprint density at radius 3 is 1.14 bits per heavy atom. The van der Waals surface area contributed by atoms with Crippen molar-refractivity contribution in [3.8, 4) is 0 Å². The van der Waals surface area contributed by atoms with Crippen molar-refractivity contribution >= 4 is 17.9 Å². The molecule has 1 atom stereocenters. The number of unbranched alkanes of at least 4 members (excludes halogenated alkanes) is 4. The summed E-state index contributed by atoms with van der Waals surface area (Å²) in [6.07, 6.45) is 77.5. The summed E-state index contributed by atoms with van der Waals surface area (Å²) in [4.78, 5) is 37.8. The van der Waals surface area contributed by atoms with Gasteiger partial charge in [0, 0.05) is 19.3 Å². The molecule has 0 radical (unpaired) electrons. The molecule has 0 saturated carbocycles. The van der Waals surface area contributed by atoms with Crippen molar-refractivity contribution in [1.29, 1.82) is 0 Å². The lowest BCUT2D eigenvalue weighted by Crippen LogP contribution is -2.30. The first-order valence-electron chi connectivity index (χ1n) is 24.4. The summed E-state index contributed by atoms with van der Waals surface area (Å²) in [6, 6.07) is 0. The van der Waals surface area contributed by atoms with Gasteiger partial charge >= 0.3 is 17.9 Å². The molecule has 0 aromatic rings. The van der Waals surface area contributed by atoms with Crippen molar-refractivity contribution in [2.45, 2.75) is 155 Å². The molecule has 0 aliphatic rings. The van der Waals surface area contributed by atoms with Crippen molar-refractivity contribution in [3.63, 3.8) is 0 Å². The second-order valence-corrected chi connectivity index (χ2v) is 15.0. The first kappa shape index (κ1) is 59.5. The maximum Gasteiger partial charge on any atom is 0.306 e. The van der Waals surface area contributed by atoms with E-state index in [9.17, 15) is 14.4 Å². The quantitative estimate of drug-likeness (QED) is 0.0200. The van der Waals surface area contributed by atoms with Crippen LogP contribution in [0.4, 0.5) is 0 Å². The lowest BCUT2D eigenvalue weighted by atomic mass is 10.1. The second kappa shape index (κ2) is 51.1. The van der Waals surface area contributed by atoms with Gasteiger partial charge in [-0.25, -0.2) is 0 Å². The molecule has 0 N–H and O–H groups in total. The minimum absolute atomic E-state index is 0.157. The molecule has 6 heteroatoms. The second-order valence-electron chi connectivity index (χ2n) is 15.0. The van der Waals surface area contributed by atoms with Crippen molar-refractivity contribution in [1.82, 2.24) is 0 Å². The molecule has 65 heavy (non-hydrogen) atoms. The van der Waals surface area contributed by atoms with Crippen LogP contribution in [0.25, 0.3) is 0 Å². The van der Waals surface area contributed by atoms with Crippen LogP contribution in [-0.4, -0.2) is 37.2 Å². The Labute approximate surface area is 395 Å². The number of ether oxygens (including phenoxy) is 3. The van der Waals surface area contributed by atoms with E-state index in [1.54, 1.807) is 0 Å². The number of esters is 3. The number of hydrogen-bond donors (Lipinski definition) is 0. The van der Waals surface area contributed by atoms with Gasteiger partial charge < -0.3 is 14.2 Å². The fraction of sp³-hybridized carbons (Fsp3) is 0.441. The van der Waals surface area contributed by atoms with Gasteiger partial charge in [0.05, 0.1) is 0 Å². The number of allylic oxidation sites excluding steroid dienone is 30. The summed E-state index contributed by atoms with van der Waals surface area (Å²) < 4.78 is 16.6. The molecule has 0 aliphatic carbocycles. The third-order valence-electron chi connectivity index (χ3n) is 9.06. The van der Waals surface area contributed by atoms with E-state index in [2.05, 4.69) is 130 Å².